The minimum Gasteiger partial charge on any atom is -0.485 e. The number of rotatable bonds is 7. The Bertz CT molecular complexity index is 1390. The van der Waals surface area contributed by atoms with Crippen LogP contribution in [0.5, 0.6) is 11.5 Å². The molecule has 0 aliphatic carbocycles. The third-order valence-electron chi connectivity index (χ3n) is 5.22. The van der Waals surface area contributed by atoms with Crippen LogP contribution in [-0.4, -0.2) is 22.1 Å². The number of fused-ring (bicyclic) bond motifs is 1. The lowest BCUT2D eigenvalue weighted by Gasteiger charge is -2.14. The van der Waals surface area contributed by atoms with Gasteiger partial charge in [0.1, 0.15) is 23.9 Å². The maximum atomic E-state index is 12.5. The van der Waals surface area contributed by atoms with Crippen LogP contribution in [0.2, 0.25) is 0 Å². The van der Waals surface area contributed by atoms with Crippen molar-refractivity contribution in [1.29, 1.82) is 0 Å². The SMILES string of the molecule is Cc1ccc(NC(=O)COc2cccc(C)c2C)c(OCc2cc(=O)n3oc(C)cc3n2)c1. The molecule has 4 aromatic rings. The highest BCUT2D eigenvalue weighted by atomic mass is 16.5. The Morgan fingerprint density at radius 2 is 1.85 bits per heavy atom. The number of benzene rings is 2. The zero-order valence-corrected chi connectivity index (χ0v) is 19.0. The van der Waals surface area contributed by atoms with Gasteiger partial charge in [-0.2, -0.15) is 0 Å². The van der Waals surface area contributed by atoms with Crippen LogP contribution in [0.4, 0.5) is 5.69 Å². The Hall–Kier alpha value is -4.07. The number of aromatic nitrogens is 2. The van der Waals surface area contributed by atoms with Crippen molar-refractivity contribution < 1.29 is 18.8 Å². The van der Waals surface area contributed by atoms with Crippen LogP contribution in [0.1, 0.15) is 28.1 Å². The second-order valence-corrected chi connectivity index (χ2v) is 7.91. The monoisotopic (exact) mass is 447 g/mol. The Kier molecular flexibility index (Phi) is 6.17. The summed E-state index contributed by atoms with van der Waals surface area (Å²) in [7, 11) is 0. The first-order chi connectivity index (χ1) is 15.8. The first-order valence-electron chi connectivity index (χ1n) is 10.5. The number of nitrogens with one attached hydrogen (secondary N) is 1. The standard InChI is InChI=1S/C25H25N3O5/c1-15-8-9-20(27-24(29)14-32-21-7-5-6-16(2)18(21)4)22(10-15)31-13-19-12-25(30)28-23(26-19)11-17(3)33-28/h5-12H,13-14H2,1-4H3,(H,27,29). The van der Waals surface area contributed by atoms with Gasteiger partial charge in [0.05, 0.1) is 11.4 Å². The van der Waals surface area contributed by atoms with Crippen LogP contribution in [0.15, 0.2) is 57.8 Å². The highest BCUT2D eigenvalue weighted by molar-refractivity contribution is 5.93. The molecule has 2 aromatic heterocycles. The van der Waals surface area contributed by atoms with Gasteiger partial charge < -0.3 is 19.3 Å². The Labute approximate surface area is 190 Å². The van der Waals surface area contributed by atoms with E-state index in [2.05, 4.69) is 10.3 Å². The first-order valence-corrected chi connectivity index (χ1v) is 10.5. The molecule has 0 unspecified atom stereocenters. The van der Waals surface area contributed by atoms with Gasteiger partial charge in [0, 0.05) is 12.1 Å². The molecule has 0 aliphatic heterocycles. The van der Waals surface area contributed by atoms with E-state index in [1.165, 1.54) is 6.07 Å². The molecule has 33 heavy (non-hydrogen) atoms. The summed E-state index contributed by atoms with van der Waals surface area (Å²) < 4.78 is 18.0. The number of amides is 1. The fraction of sp³-hybridized carbons (Fsp3) is 0.240. The maximum Gasteiger partial charge on any atom is 0.287 e. The molecule has 0 fully saturated rings. The van der Waals surface area contributed by atoms with Crippen LogP contribution >= 0.6 is 0 Å². The molecule has 4 rings (SSSR count). The molecule has 2 aromatic carbocycles. The lowest BCUT2D eigenvalue weighted by Crippen LogP contribution is -2.21. The topological polar surface area (TPSA) is 95.1 Å². The fourth-order valence-electron chi connectivity index (χ4n) is 3.36. The number of aryl methyl sites for hydroxylation is 3. The van der Waals surface area contributed by atoms with E-state index in [1.807, 2.05) is 51.1 Å². The summed E-state index contributed by atoms with van der Waals surface area (Å²) in [6, 6.07) is 14.2. The number of nitrogens with zero attached hydrogens (tertiary/aromatic N) is 2. The molecule has 0 radical (unpaired) electrons. The van der Waals surface area contributed by atoms with Crippen molar-refractivity contribution in [2.24, 2.45) is 0 Å². The van der Waals surface area contributed by atoms with Gasteiger partial charge in [0.2, 0.25) is 0 Å². The van der Waals surface area contributed by atoms with E-state index in [0.29, 0.717) is 34.3 Å². The molecule has 1 N–H and O–H groups in total. The number of ether oxygens (including phenoxy) is 2. The molecule has 0 saturated carbocycles. The number of hydrogen-bond acceptors (Lipinski definition) is 6. The van der Waals surface area contributed by atoms with Crippen molar-refractivity contribution in [3.8, 4) is 11.5 Å². The van der Waals surface area contributed by atoms with E-state index in [9.17, 15) is 9.59 Å². The zero-order valence-electron chi connectivity index (χ0n) is 19.0. The second kappa shape index (κ2) is 9.20. The first kappa shape index (κ1) is 22.1. The van der Waals surface area contributed by atoms with Crippen molar-refractivity contribution in [3.63, 3.8) is 0 Å². The number of carbonyl (C=O) groups excluding carboxylic acids is 1. The van der Waals surface area contributed by atoms with Crippen LogP contribution in [0.25, 0.3) is 5.65 Å². The molecule has 0 spiro atoms. The largest absolute Gasteiger partial charge is 0.485 e. The van der Waals surface area contributed by atoms with Gasteiger partial charge in [0.25, 0.3) is 11.5 Å². The number of hydrogen-bond donors (Lipinski definition) is 1. The average Bonchev–Trinajstić information content (AvgIpc) is 3.16. The second-order valence-electron chi connectivity index (χ2n) is 7.91. The van der Waals surface area contributed by atoms with Crippen LogP contribution in [-0.2, 0) is 11.4 Å². The molecule has 2 heterocycles. The van der Waals surface area contributed by atoms with E-state index in [4.69, 9.17) is 14.0 Å². The predicted molar refractivity (Wildman–Crippen MR) is 124 cm³/mol. The summed E-state index contributed by atoms with van der Waals surface area (Å²) in [5.41, 5.74) is 4.11. The Morgan fingerprint density at radius 1 is 1.03 bits per heavy atom. The number of carbonyl (C=O) groups is 1. The minimum atomic E-state index is -0.326. The summed E-state index contributed by atoms with van der Waals surface area (Å²) in [5.74, 6) is 1.42. The van der Waals surface area contributed by atoms with Crippen molar-refractivity contribution in [3.05, 3.63) is 87.0 Å². The van der Waals surface area contributed by atoms with Crippen LogP contribution in [0, 0.1) is 27.7 Å². The van der Waals surface area contributed by atoms with Crippen molar-refractivity contribution in [1.82, 2.24) is 9.56 Å². The van der Waals surface area contributed by atoms with Crippen molar-refractivity contribution in [2.75, 3.05) is 11.9 Å². The van der Waals surface area contributed by atoms with Gasteiger partial charge in [0.15, 0.2) is 12.3 Å². The molecule has 0 atom stereocenters. The van der Waals surface area contributed by atoms with Gasteiger partial charge in [-0.05, 0) is 62.6 Å². The van der Waals surface area contributed by atoms with E-state index >= 15 is 0 Å². The molecular weight excluding hydrogens is 422 g/mol. The summed E-state index contributed by atoms with van der Waals surface area (Å²) in [5, 5.41) is 2.83. The number of anilines is 1. The quantitative estimate of drug-likeness (QED) is 0.458. The van der Waals surface area contributed by atoms with Gasteiger partial charge in [-0.1, -0.05) is 18.2 Å². The lowest BCUT2D eigenvalue weighted by atomic mass is 10.1. The molecule has 8 heteroatoms. The molecular formula is C25H25N3O5. The Morgan fingerprint density at radius 3 is 2.67 bits per heavy atom. The van der Waals surface area contributed by atoms with Crippen LogP contribution in [0.3, 0.4) is 0 Å². The minimum absolute atomic E-state index is 0.0568. The summed E-state index contributed by atoms with van der Waals surface area (Å²) in [6.07, 6.45) is 0. The highest BCUT2D eigenvalue weighted by Gasteiger charge is 2.12. The molecule has 0 bridgehead atoms. The molecule has 170 valence electrons. The van der Waals surface area contributed by atoms with Crippen molar-refractivity contribution in [2.45, 2.75) is 34.3 Å². The van der Waals surface area contributed by atoms with Gasteiger partial charge >= 0.3 is 0 Å². The summed E-state index contributed by atoms with van der Waals surface area (Å²) in [6.45, 7) is 7.54. The predicted octanol–water partition coefficient (Wildman–Crippen LogP) is 4.12. The summed E-state index contributed by atoms with van der Waals surface area (Å²) >= 11 is 0. The van der Waals surface area contributed by atoms with E-state index in [1.54, 1.807) is 19.1 Å². The van der Waals surface area contributed by atoms with E-state index in [-0.39, 0.29) is 24.7 Å². The Balaban J connectivity index is 1.45. The van der Waals surface area contributed by atoms with E-state index < -0.39 is 0 Å². The third kappa shape index (κ3) is 5.06. The van der Waals surface area contributed by atoms with Gasteiger partial charge in [-0.25, -0.2) is 4.98 Å². The highest BCUT2D eigenvalue weighted by Crippen LogP contribution is 2.27. The van der Waals surface area contributed by atoms with Crippen molar-refractivity contribution >= 4 is 17.2 Å². The van der Waals surface area contributed by atoms with Gasteiger partial charge in [-0.15, -0.1) is 4.57 Å². The maximum absolute atomic E-state index is 12.5. The van der Waals surface area contributed by atoms with E-state index in [0.717, 1.165) is 21.3 Å². The lowest BCUT2D eigenvalue weighted by molar-refractivity contribution is -0.118. The fourth-order valence-corrected chi connectivity index (χ4v) is 3.36. The molecule has 0 saturated heterocycles. The van der Waals surface area contributed by atoms with Crippen LogP contribution < -0.4 is 20.3 Å². The average molecular weight is 447 g/mol. The zero-order chi connectivity index (χ0) is 23.5. The molecule has 8 nitrogen and oxygen atoms in total. The smallest absolute Gasteiger partial charge is 0.287 e. The molecule has 1 amide bonds. The summed E-state index contributed by atoms with van der Waals surface area (Å²) in [4.78, 5) is 29.2. The molecule has 0 aliphatic rings. The normalized spacial score (nSPS) is 10.9. The van der Waals surface area contributed by atoms with Gasteiger partial charge in [-0.3, -0.25) is 9.59 Å². The third-order valence-corrected chi connectivity index (χ3v) is 5.22.